The van der Waals surface area contributed by atoms with Crippen LogP contribution in [0.4, 0.5) is 0 Å². The Morgan fingerprint density at radius 3 is 2.67 bits per heavy atom. The highest BCUT2D eigenvalue weighted by Crippen LogP contribution is 2.22. The number of methoxy groups -OCH3 is 1. The zero-order chi connectivity index (χ0) is 15.6. The Hall–Kier alpha value is -2.21. The minimum absolute atomic E-state index is 0.140. The molecule has 0 saturated carbocycles. The van der Waals surface area contributed by atoms with Gasteiger partial charge in [-0.05, 0) is 25.5 Å². The van der Waals surface area contributed by atoms with Crippen molar-refractivity contribution >= 4 is 17.7 Å². The Morgan fingerprint density at radius 2 is 2.00 bits per heavy atom. The number of ether oxygens (including phenoxy) is 1. The van der Waals surface area contributed by atoms with Crippen LogP contribution in [0.1, 0.15) is 29.8 Å². The first-order chi connectivity index (χ1) is 9.87. The van der Waals surface area contributed by atoms with Crippen LogP contribution in [0, 0.1) is 0 Å². The van der Waals surface area contributed by atoms with Gasteiger partial charge in [-0.2, -0.15) is 0 Å². The second-order valence-corrected chi connectivity index (χ2v) is 5.42. The van der Waals surface area contributed by atoms with Crippen LogP contribution < -0.4 is 5.32 Å². The Bertz CT molecular complexity index is 595. The smallest absolute Gasteiger partial charge is 0.255 e. The maximum Gasteiger partial charge on any atom is 0.255 e. The Balaban J connectivity index is 2.39. The van der Waals surface area contributed by atoms with Crippen molar-refractivity contribution in [3.05, 3.63) is 35.4 Å². The number of imide groups is 1. The topological polar surface area (TPSA) is 75.7 Å². The van der Waals surface area contributed by atoms with Gasteiger partial charge in [0.2, 0.25) is 5.91 Å². The van der Waals surface area contributed by atoms with Crippen molar-refractivity contribution in [2.75, 3.05) is 13.7 Å². The highest BCUT2D eigenvalue weighted by molar-refractivity contribution is 6.09. The van der Waals surface area contributed by atoms with Gasteiger partial charge in [-0.15, -0.1) is 0 Å². The number of nitrogens with zero attached hydrogens (tertiary/aromatic N) is 1. The molecular weight excluding hydrogens is 272 g/mol. The van der Waals surface area contributed by atoms with E-state index < -0.39 is 17.4 Å². The molecule has 1 aliphatic rings. The average Bonchev–Trinajstić information content (AvgIpc) is 2.43. The SMILES string of the molecule is COCc1ccccc1C(=O)N1CC(=O)NC(=O)C1(C)C. The van der Waals surface area contributed by atoms with Crippen LogP contribution in [-0.4, -0.2) is 41.8 Å². The summed E-state index contributed by atoms with van der Waals surface area (Å²) in [4.78, 5) is 37.5. The van der Waals surface area contributed by atoms with Gasteiger partial charge in [0, 0.05) is 12.7 Å². The Morgan fingerprint density at radius 1 is 1.33 bits per heavy atom. The number of benzene rings is 1. The normalized spacial score (nSPS) is 17.6. The van der Waals surface area contributed by atoms with E-state index in [1.165, 1.54) is 4.90 Å². The molecule has 1 aliphatic heterocycles. The lowest BCUT2D eigenvalue weighted by Crippen LogP contribution is -2.65. The molecule has 1 aromatic carbocycles. The summed E-state index contributed by atoms with van der Waals surface area (Å²) in [5.74, 6) is -1.30. The predicted octanol–water partition coefficient (Wildman–Crippen LogP) is 0.710. The van der Waals surface area contributed by atoms with E-state index in [4.69, 9.17) is 4.74 Å². The number of carbonyl (C=O) groups is 3. The van der Waals surface area contributed by atoms with Gasteiger partial charge >= 0.3 is 0 Å². The molecule has 0 unspecified atom stereocenters. The molecule has 1 aromatic rings. The van der Waals surface area contributed by atoms with Gasteiger partial charge in [0.25, 0.3) is 11.8 Å². The average molecular weight is 290 g/mol. The van der Waals surface area contributed by atoms with Crippen LogP contribution in [0.5, 0.6) is 0 Å². The van der Waals surface area contributed by atoms with Gasteiger partial charge in [-0.1, -0.05) is 18.2 Å². The molecule has 112 valence electrons. The quantitative estimate of drug-likeness (QED) is 0.832. The van der Waals surface area contributed by atoms with E-state index >= 15 is 0 Å². The van der Waals surface area contributed by atoms with Crippen LogP contribution in [0.25, 0.3) is 0 Å². The summed E-state index contributed by atoms with van der Waals surface area (Å²) >= 11 is 0. The molecule has 6 nitrogen and oxygen atoms in total. The number of nitrogens with one attached hydrogen (secondary N) is 1. The van der Waals surface area contributed by atoms with Crippen molar-refractivity contribution < 1.29 is 19.1 Å². The predicted molar refractivity (Wildman–Crippen MR) is 75.4 cm³/mol. The van der Waals surface area contributed by atoms with E-state index in [0.29, 0.717) is 5.56 Å². The van der Waals surface area contributed by atoms with Gasteiger partial charge in [0.1, 0.15) is 12.1 Å². The summed E-state index contributed by atoms with van der Waals surface area (Å²) in [6.07, 6.45) is 0. The zero-order valence-corrected chi connectivity index (χ0v) is 12.3. The standard InChI is InChI=1S/C15H18N2O4/c1-15(2)14(20)16-12(18)8-17(15)13(19)11-7-5-4-6-10(11)9-21-3/h4-7H,8-9H2,1-3H3,(H,16,18,20). The van der Waals surface area contributed by atoms with Crippen molar-refractivity contribution in [3.63, 3.8) is 0 Å². The molecule has 0 aromatic heterocycles. The van der Waals surface area contributed by atoms with Crippen molar-refractivity contribution in [2.24, 2.45) is 0 Å². The lowest BCUT2D eigenvalue weighted by Gasteiger charge is -2.40. The van der Waals surface area contributed by atoms with Gasteiger partial charge < -0.3 is 9.64 Å². The molecule has 6 heteroatoms. The number of piperazine rings is 1. The summed E-state index contributed by atoms with van der Waals surface area (Å²) in [5.41, 5.74) is 0.0831. The van der Waals surface area contributed by atoms with E-state index in [1.54, 1.807) is 39.2 Å². The van der Waals surface area contributed by atoms with Crippen molar-refractivity contribution in [2.45, 2.75) is 26.0 Å². The van der Waals surface area contributed by atoms with Crippen LogP contribution in [0.2, 0.25) is 0 Å². The summed E-state index contributed by atoms with van der Waals surface area (Å²) < 4.78 is 5.08. The van der Waals surface area contributed by atoms with Crippen molar-refractivity contribution in [1.29, 1.82) is 0 Å². The maximum atomic E-state index is 12.7. The van der Waals surface area contributed by atoms with E-state index in [9.17, 15) is 14.4 Å². The van der Waals surface area contributed by atoms with Crippen LogP contribution in [0.3, 0.4) is 0 Å². The molecule has 1 fully saturated rings. The first kappa shape index (κ1) is 15.2. The van der Waals surface area contributed by atoms with Gasteiger partial charge in [0.05, 0.1) is 6.61 Å². The molecule has 0 atom stereocenters. The second-order valence-electron chi connectivity index (χ2n) is 5.42. The summed E-state index contributed by atoms with van der Waals surface area (Å²) in [5, 5.41) is 2.25. The molecule has 1 heterocycles. The van der Waals surface area contributed by atoms with E-state index in [2.05, 4.69) is 5.32 Å². The fraction of sp³-hybridized carbons (Fsp3) is 0.400. The van der Waals surface area contributed by atoms with Crippen LogP contribution in [-0.2, 0) is 20.9 Å². The second kappa shape index (κ2) is 5.65. The van der Waals surface area contributed by atoms with Gasteiger partial charge in [-0.25, -0.2) is 0 Å². The van der Waals surface area contributed by atoms with Crippen molar-refractivity contribution in [3.8, 4) is 0 Å². The number of amides is 3. The first-order valence-corrected chi connectivity index (χ1v) is 6.61. The summed E-state index contributed by atoms with van der Waals surface area (Å²) in [6.45, 7) is 3.38. The van der Waals surface area contributed by atoms with E-state index in [1.807, 2.05) is 6.07 Å². The Labute approximate surface area is 123 Å². The fourth-order valence-corrected chi connectivity index (χ4v) is 2.26. The monoisotopic (exact) mass is 290 g/mol. The molecule has 21 heavy (non-hydrogen) atoms. The number of rotatable bonds is 3. The molecule has 0 bridgehead atoms. The lowest BCUT2D eigenvalue weighted by molar-refractivity contribution is -0.143. The molecule has 0 spiro atoms. The third kappa shape index (κ3) is 2.80. The lowest BCUT2D eigenvalue weighted by atomic mass is 9.96. The first-order valence-electron chi connectivity index (χ1n) is 6.61. The fourth-order valence-electron chi connectivity index (χ4n) is 2.26. The molecule has 0 aliphatic carbocycles. The van der Waals surface area contributed by atoms with Gasteiger partial charge in [0.15, 0.2) is 0 Å². The molecule has 0 radical (unpaired) electrons. The minimum Gasteiger partial charge on any atom is -0.380 e. The highest BCUT2D eigenvalue weighted by atomic mass is 16.5. The molecule has 2 rings (SSSR count). The minimum atomic E-state index is -1.08. The van der Waals surface area contributed by atoms with Gasteiger partial charge in [-0.3, -0.25) is 19.7 Å². The number of hydrogen-bond donors (Lipinski definition) is 1. The molecule has 3 amide bonds. The van der Waals surface area contributed by atoms with E-state index in [-0.39, 0.29) is 19.1 Å². The van der Waals surface area contributed by atoms with Crippen molar-refractivity contribution in [1.82, 2.24) is 10.2 Å². The summed E-state index contributed by atoms with van der Waals surface area (Å²) in [6, 6.07) is 7.01. The Kier molecular flexibility index (Phi) is 4.09. The maximum absolute atomic E-state index is 12.7. The third-order valence-corrected chi connectivity index (χ3v) is 3.58. The molecule has 1 saturated heterocycles. The number of carbonyl (C=O) groups excluding carboxylic acids is 3. The zero-order valence-electron chi connectivity index (χ0n) is 12.3. The third-order valence-electron chi connectivity index (χ3n) is 3.58. The molecule has 1 N–H and O–H groups in total. The van der Waals surface area contributed by atoms with Crippen LogP contribution >= 0.6 is 0 Å². The van der Waals surface area contributed by atoms with E-state index in [0.717, 1.165) is 5.56 Å². The highest BCUT2D eigenvalue weighted by Gasteiger charge is 2.44. The molecular formula is C15H18N2O4. The summed E-state index contributed by atoms with van der Waals surface area (Å²) in [7, 11) is 1.54. The largest absolute Gasteiger partial charge is 0.380 e. The number of hydrogen-bond acceptors (Lipinski definition) is 4. The van der Waals surface area contributed by atoms with Crippen LogP contribution in [0.15, 0.2) is 24.3 Å².